The van der Waals surface area contributed by atoms with Crippen molar-refractivity contribution in [2.45, 2.75) is 43.9 Å². The molecule has 3 aromatic rings. The standard InChI is InChI=1S/C27H34N4O7S/c1-19(2)16-31(39(36,37)22-11-9-21(38-3)10-12-22)17-24(32)23(15-20-7-5-4-6-8-20)28-26(34)18-30-14-13-25(33)29-27(30)35/h4-14,19,23-24,32H,15-18H2,1-3H3,(H,28,34)(H,29,33,35)/t23-,24+/m0/s1. The smallest absolute Gasteiger partial charge is 0.328 e. The fourth-order valence-electron chi connectivity index (χ4n) is 4.04. The lowest BCUT2D eigenvalue weighted by molar-refractivity contribution is -0.123. The number of ether oxygens (including phenoxy) is 1. The van der Waals surface area contributed by atoms with Crippen molar-refractivity contribution >= 4 is 15.9 Å². The fourth-order valence-corrected chi connectivity index (χ4v) is 5.66. The van der Waals surface area contributed by atoms with E-state index in [1.165, 1.54) is 29.7 Å². The van der Waals surface area contributed by atoms with Gasteiger partial charge >= 0.3 is 5.69 Å². The zero-order valence-electron chi connectivity index (χ0n) is 22.1. The lowest BCUT2D eigenvalue weighted by Gasteiger charge is -2.31. The Morgan fingerprint density at radius 2 is 1.72 bits per heavy atom. The Kier molecular flexibility index (Phi) is 10.2. The van der Waals surface area contributed by atoms with E-state index in [9.17, 15) is 27.9 Å². The number of hydrogen-bond donors (Lipinski definition) is 3. The third-order valence-electron chi connectivity index (χ3n) is 5.98. The van der Waals surface area contributed by atoms with Crippen molar-refractivity contribution in [2.75, 3.05) is 20.2 Å². The largest absolute Gasteiger partial charge is 0.497 e. The summed E-state index contributed by atoms with van der Waals surface area (Å²) in [6.45, 7) is 3.21. The number of H-pyrrole nitrogens is 1. The van der Waals surface area contributed by atoms with Crippen molar-refractivity contribution in [3.63, 3.8) is 0 Å². The number of carbonyl (C=O) groups excluding carboxylic acids is 1. The second-order valence-electron chi connectivity index (χ2n) is 9.56. The zero-order valence-corrected chi connectivity index (χ0v) is 22.9. The van der Waals surface area contributed by atoms with Gasteiger partial charge in [-0.2, -0.15) is 4.31 Å². The molecule has 12 heteroatoms. The molecule has 2 atom stereocenters. The first-order chi connectivity index (χ1) is 18.5. The number of aliphatic hydroxyl groups is 1. The number of rotatable bonds is 13. The number of nitrogens with one attached hydrogen (secondary N) is 2. The molecule has 1 aromatic heterocycles. The third kappa shape index (κ3) is 8.37. The third-order valence-corrected chi connectivity index (χ3v) is 7.82. The number of aromatic nitrogens is 2. The molecule has 0 aliphatic heterocycles. The average molecular weight is 559 g/mol. The number of sulfonamides is 1. The van der Waals surface area contributed by atoms with Gasteiger partial charge in [0.15, 0.2) is 0 Å². The summed E-state index contributed by atoms with van der Waals surface area (Å²) >= 11 is 0. The first-order valence-corrected chi connectivity index (χ1v) is 13.9. The summed E-state index contributed by atoms with van der Waals surface area (Å²) in [5, 5.41) is 14.0. The summed E-state index contributed by atoms with van der Waals surface area (Å²) in [6.07, 6.45) is 0.134. The van der Waals surface area contributed by atoms with E-state index in [2.05, 4.69) is 10.3 Å². The SMILES string of the molecule is COc1ccc(S(=O)(=O)N(CC(C)C)C[C@@H](O)[C@H](Cc2ccccc2)NC(=O)Cn2ccc(=O)[nH]c2=O)cc1. The number of benzene rings is 2. The summed E-state index contributed by atoms with van der Waals surface area (Å²) in [7, 11) is -2.50. The summed E-state index contributed by atoms with van der Waals surface area (Å²) in [6, 6.07) is 15.4. The number of aliphatic hydroxyl groups excluding tert-OH is 1. The number of aromatic amines is 1. The Morgan fingerprint density at radius 1 is 1.05 bits per heavy atom. The average Bonchev–Trinajstić information content (AvgIpc) is 2.90. The number of amides is 1. The van der Waals surface area contributed by atoms with Crippen LogP contribution in [0.3, 0.4) is 0 Å². The maximum atomic E-state index is 13.5. The van der Waals surface area contributed by atoms with Crippen molar-refractivity contribution in [1.29, 1.82) is 0 Å². The minimum atomic E-state index is -3.98. The predicted molar refractivity (Wildman–Crippen MR) is 146 cm³/mol. The van der Waals surface area contributed by atoms with Crippen LogP contribution in [0.2, 0.25) is 0 Å². The van der Waals surface area contributed by atoms with Gasteiger partial charge in [0.2, 0.25) is 15.9 Å². The molecule has 0 radical (unpaired) electrons. The molecule has 2 aromatic carbocycles. The second kappa shape index (κ2) is 13.4. The predicted octanol–water partition coefficient (Wildman–Crippen LogP) is 0.981. The molecule has 1 amide bonds. The first-order valence-electron chi connectivity index (χ1n) is 12.4. The normalized spacial score (nSPS) is 13.3. The van der Waals surface area contributed by atoms with E-state index < -0.39 is 45.9 Å². The van der Waals surface area contributed by atoms with Crippen LogP contribution in [0.15, 0.2) is 81.3 Å². The van der Waals surface area contributed by atoms with Crippen LogP contribution in [0.4, 0.5) is 0 Å². The van der Waals surface area contributed by atoms with Crippen molar-refractivity contribution in [3.05, 3.63) is 93.3 Å². The monoisotopic (exact) mass is 558 g/mol. The molecule has 3 N–H and O–H groups in total. The molecule has 0 fully saturated rings. The van der Waals surface area contributed by atoms with E-state index in [4.69, 9.17) is 4.74 Å². The summed E-state index contributed by atoms with van der Waals surface area (Å²) in [5.41, 5.74) is -0.514. The van der Waals surface area contributed by atoms with Crippen LogP contribution in [-0.4, -0.2) is 65.6 Å². The molecule has 0 bridgehead atoms. The van der Waals surface area contributed by atoms with Crippen molar-refractivity contribution in [2.24, 2.45) is 5.92 Å². The molecule has 0 spiro atoms. The van der Waals surface area contributed by atoms with Gasteiger partial charge in [-0.1, -0.05) is 44.2 Å². The molecule has 1 heterocycles. The highest BCUT2D eigenvalue weighted by Gasteiger charge is 2.31. The van der Waals surface area contributed by atoms with Gasteiger partial charge in [-0.3, -0.25) is 19.1 Å². The highest BCUT2D eigenvalue weighted by atomic mass is 32.2. The molecule has 0 saturated carbocycles. The van der Waals surface area contributed by atoms with Gasteiger partial charge in [0.1, 0.15) is 12.3 Å². The molecule has 0 unspecified atom stereocenters. The van der Waals surface area contributed by atoms with Gasteiger partial charge in [0.25, 0.3) is 5.56 Å². The van der Waals surface area contributed by atoms with Gasteiger partial charge in [-0.25, -0.2) is 13.2 Å². The Balaban J connectivity index is 1.86. The Hall–Kier alpha value is -3.74. The minimum Gasteiger partial charge on any atom is -0.497 e. The number of methoxy groups -OCH3 is 1. The van der Waals surface area contributed by atoms with E-state index in [-0.39, 0.29) is 30.3 Å². The molecular weight excluding hydrogens is 524 g/mol. The Labute approximate surface area is 227 Å². The Bertz CT molecular complexity index is 1450. The lowest BCUT2D eigenvalue weighted by Crippen LogP contribution is -2.52. The number of hydrogen-bond acceptors (Lipinski definition) is 7. The van der Waals surface area contributed by atoms with Crippen molar-refractivity contribution < 1.29 is 23.1 Å². The zero-order chi connectivity index (χ0) is 28.6. The van der Waals surface area contributed by atoms with E-state index >= 15 is 0 Å². The number of nitrogens with zero attached hydrogens (tertiary/aromatic N) is 2. The van der Waals surface area contributed by atoms with Crippen molar-refractivity contribution in [1.82, 2.24) is 19.2 Å². The van der Waals surface area contributed by atoms with Crippen LogP contribution in [-0.2, 0) is 27.8 Å². The highest BCUT2D eigenvalue weighted by molar-refractivity contribution is 7.89. The Morgan fingerprint density at radius 3 is 2.31 bits per heavy atom. The molecule has 0 aliphatic carbocycles. The topological polar surface area (TPSA) is 151 Å². The van der Waals surface area contributed by atoms with Crippen LogP contribution >= 0.6 is 0 Å². The quantitative estimate of drug-likeness (QED) is 0.283. The van der Waals surface area contributed by atoms with E-state index in [1.54, 1.807) is 12.1 Å². The molecule has 0 aliphatic rings. The minimum absolute atomic E-state index is 0.0421. The lowest BCUT2D eigenvalue weighted by atomic mass is 10.0. The molecule has 11 nitrogen and oxygen atoms in total. The molecular formula is C27H34N4O7S. The van der Waals surface area contributed by atoms with Crippen LogP contribution in [0.25, 0.3) is 0 Å². The summed E-state index contributed by atoms with van der Waals surface area (Å²) < 4.78 is 34.4. The van der Waals surface area contributed by atoms with Gasteiger partial charge in [-0.05, 0) is 42.2 Å². The summed E-state index contributed by atoms with van der Waals surface area (Å²) in [5.74, 6) is -0.117. The van der Waals surface area contributed by atoms with E-state index in [1.807, 2.05) is 44.2 Å². The van der Waals surface area contributed by atoms with Crippen molar-refractivity contribution in [3.8, 4) is 5.75 Å². The fraction of sp³-hybridized carbons (Fsp3) is 0.370. The molecule has 39 heavy (non-hydrogen) atoms. The van der Waals surface area contributed by atoms with Crippen LogP contribution < -0.4 is 21.3 Å². The first kappa shape index (κ1) is 29.8. The molecule has 3 rings (SSSR count). The second-order valence-corrected chi connectivity index (χ2v) is 11.5. The number of carbonyl (C=O) groups is 1. The van der Waals surface area contributed by atoms with Crippen LogP contribution in [0.1, 0.15) is 19.4 Å². The van der Waals surface area contributed by atoms with Crippen LogP contribution in [0, 0.1) is 5.92 Å². The highest BCUT2D eigenvalue weighted by Crippen LogP contribution is 2.21. The van der Waals surface area contributed by atoms with Gasteiger partial charge in [-0.15, -0.1) is 0 Å². The van der Waals surface area contributed by atoms with E-state index in [0.717, 1.165) is 16.2 Å². The van der Waals surface area contributed by atoms with E-state index in [0.29, 0.717) is 5.75 Å². The maximum Gasteiger partial charge on any atom is 0.328 e. The van der Waals surface area contributed by atoms with Crippen LogP contribution in [0.5, 0.6) is 5.75 Å². The maximum absolute atomic E-state index is 13.5. The molecule has 210 valence electrons. The van der Waals surface area contributed by atoms with Gasteiger partial charge in [0.05, 0.1) is 24.2 Å². The van der Waals surface area contributed by atoms with Gasteiger partial charge < -0.3 is 15.2 Å². The van der Waals surface area contributed by atoms with Gasteiger partial charge in [0, 0.05) is 25.4 Å². The molecule has 0 saturated heterocycles. The summed E-state index contributed by atoms with van der Waals surface area (Å²) in [4.78, 5) is 38.4.